The summed E-state index contributed by atoms with van der Waals surface area (Å²) in [7, 11) is -2.19. The van der Waals surface area contributed by atoms with E-state index in [-0.39, 0.29) is 22.8 Å². The van der Waals surface area contributed by atoms with Crippen molar-refractivity contribution in [1.82, 2.24) is 0 Å². The maximum absolute atomic E-state index is 13.3. The molecule has 0 spiro atoms. The minimum atomic E-state index is -4.66. The molecule has 4 nitrogen and oxygen atoms in total. The number of aliphatic hydroxyl groups is 1. The van der Waals surface area contributed by atoms with E-state index in [0.717, 1.165) is 12.1 Å². The number of aliphatic hydroxyl groups excluding tert-OH is 1. The lowest BCUT2D eigenvalue weighted by Gasteiger charge is -2.36. The van der Waals surface area contributed by atoms with Crippen LogP contribution in [0.1, 0.15) is 69.1 Å². The zero-order chi connectivity index (χ0) is 22.1. The van der Waals surface area contributed by atoms with E-state index < -0.39 is 37.7 Å². The van der Waals surface area contributed by atoms with Crippen molar-refractivity contribution in [3.63, 3.8) is 0 Å². The molecule has 0 heterocycles. The lowest BCUT2D eigenvalue weighted by atomic mass is 10.0. The summed E-state index contributed by atoms with van der Waals surface area (Å²) in [6.07, 6.45) is -5.95. The number of rotatable bonds is 5. The van der Waals surface area contributed by atoms with Crippen LogP contribution in [0.15, 0.2) is 18.2 Å². The van der Waals surface area contributed by atoms with Gasteiger partial charge < -0.3 is 14.3 Å². The van der Waals surface area contributed by atoms with Gasteiger partial charge in [0.2, 0.25) is 0 Å². The second-order valence-corrected chi connectivity index (χ2v) is 14.2. The fraction of sp³-hybridized carbons (Fsp3) is 0.650. The van der Waals surface area contributed by atoms with Crippen LogP contribution in [0.2, 0.25) is 18.1 Å². The van der Waals surface area contributed by atoms with Gasteiger partial charge in [0.25, 0.3) is 0 Å². The minimum Gasteiger partial charge on any atom is -0.456 e. The maximum atomic E-state index is 13.3. The standard InChI is InChI=1S/C20H31F3O4Si/c1-18(2,3)27-17(25)14-9-13(10-15(11-14)20(21,22)23)16(24)12-26-28(7,8)19(4,5)6/h9-11,16,24H,12H2,1-8H3. The molecule has 28 heavy (non-hydrogen) atoms. The molecule has 0 aromatic heterocycles. The zero-order valence-electron chi connectivity index (χ0n) is 17.8. The molecule has 0 bridgehead atoms. The fourth-order valence-electron chi connectivity index (χ4n) is 2.06. The van der Waals surface area contributed by atoms with Crippen molar-refractivity contribution < 1.29 is 32.2 Å². The molecular weight excluding hydrogens is 389 g/mol. The number of esters is 1. The van der Waals surface area contributed by atoms with Crippen LogP contribution < -0.4 is 0 Å². The van der Waals surface area contributed by atoms with E-state index in [0.29, 0.717) is 0 Å². The third kappa shape index (κ3) is 6.90. The molecule has 0 radical (unpaired) electrons. The molecule has 8 heteroatoms. The van der Waals surface area contributed by atoms with Crippen LogP contribution in [0.3, 0.4) is 0 Å². The summed E-state index contributed by atoms with van der Waals surface area (Å²) in [5.74, 6) is -0.877. The van der Waals surface area contributed by atoms with Crippen LogP contribution in [-0.4, -0.2) is 31.6 Å². The van der Waals surface area contributed by atoms with Gasteiger partial charge in [-0.05, 0) is 62.7 Å². The summed E-state index contributed by atoms with van der Waals surface area (Å²) in [6.45, 7) is 14.8. The number of hydrogen-bond acceptors (Lipinski definition) is 4. The van der Waals surface area contributed by atoms with Gasteiger partial charge in [-0.15, -0.1) is 0 Å². The van der Waals surface area contributed by atoms with Gasteiger partial charge in [-0.25, -0.2) is 4.79 Å². The zero-order valence-corrected chi connectivity index (χ0v) is 18.8. The summed E-state index contributed by atoms with van der Waals surface area (Å²) in [5.41, 5.74) is -2.16. The van der Waals surface area contributed by atoms with Crippen molar-refractivity contribution in [3.05, 3.63) is 34.9 Å². The smallest absolute Gasteiger partial charge is 0.416 e. The number of carbonyl (C=O) groups is 1. The van der Waals surface area contributed by atoms with Gasteiger partial charge in [0.05, 0.1) is 17.7 Å². The molecule has 0 aliphatic carbocycles. The summed E-state index contributed by atoms with van der Waals surface area (Å²) >= 11 is 0. The molecule has 0 aliphatic rings. The number of hydrogen-bond donors (Lipinski definition) is 1. The number of benzene rings is 1. The number of alkyl halides is 3. The quantitative estimate of drug-likeness (QED) is 0.489. The van der Waals surface area contributed by atoms with Crippen LogP contribution in [-0.2, 0) is 15.3 Å². The Morgan fingerprint density at radius 3 is 2.04 bits per heavy atom. The number of halogens is 3. The van der Waals surface area contributed by atoms with E-state index in [4.69, 9.17) is 9.16 Å². The van der Waals surface area contributed by atoms with Crippen LogP contribution in [0.4, 0.5) is 13.2 Å². The highest BCUT2D eigenvalue weighted by Gasteiger charge is 2.38. The van der Waals surface area contributed by atoms with Crippen molar-refractivity contribution >= 4 is 14.3 Å². The van der Waals surface area contributed by atoms with Gasteiger partial charge in [0.1, 0.15) is 11.7 Å². The SMILES string of the molecule is CC(C)(C)OC(=O)c1cc(C(O)CO[Si](C)(C)C(C)(C)C)cc(C(F)(F)F)c1. The second kappa shape index (κ2) is 8.16. The highest BCUT2D eigenvalue weighted by atomic mass is 28.4. The van der Waals surface area contributed by atoms with E-state index in [1.54, 1.807) is 20.8 Å². The number of carbonyl (C=O) groups excluding carboxylic acids is 1. The Labute approximate surface area is 166 Å². The first-order chi connectivity index (χ1) is 12.3. The lowest BCUT2D eigenvalue weighted by Crippen LogP contribution is -2.41. The molecule has 0 saturated heterocycles. The van der Waals surface area contributed by atoms with Crippen molar-refractivity contribution in [2.45, 2.75) is 77.6 Å². The first-order valence-corrected chi connectivity index (χ1v) is 12.0. The monoisotopic (exact) mass is 420 g/mol. The minimum absolute atomic E-state index is 0.0330. The van der Waals surface area contributed by atoms with Crippen LogP contribution in [0.25, 0.3) is 0 Å². The van der Waals surface area contributed by atoms with E-state index >= 15 is 0 Å². The first kappa shape index (κ1) is 24.7. The van der Waals surface area contributed by atoms with Gasteiger partial charge in [-0.1, -0.05) is 20.8 Å². The van der Waals surface area contributed by atoms with Crippen molar-refractivity contribution in [3.8, 4) is 0 Å². The molecule has 1 unspecified atom stereocenters. The molecule has 1 N–H and O–H groups in total. The third-order valence-electron chi connectivity index (χ3n) is 4.71. The van der Waals surface area contributed by atoms with Gasteiger partial charge in [0.15, 0.2) is 8.32 Å². The predicted octanol–water partition coefficient (Wildman–Crippen LogP) is 5.72. The first-order valence-electron chi connectivity index (χ1n) is 9.11. The van der Waals surface area contributed by atoms with Gasteiger partial charge in [0, 0.05) is 0 Å². The summed E-state index contributed by atoms with van der Waals surface area (Å²) in [6, 6.07) is 2.80. The van der Waals surface area contributed by atoms with E-state index in [9.17, 15) is 23.1 Å². The molecule has 160 valence electrons. The van der Waals surface area contributed by atoms with Crippen molar-refractivity contribution in [1.29, 1.82) is 0 Å². The Morgan fingerprint density at radius 2 is 1.61 bits per heavy atom. The fourth-order valence-corrected chi connectivity index (χ4v) is 3.07. The Hall–Kier alpha value is -1.38. The summed E-state index contributed by atoms with van der Waals surface area (Å²) in [5, 5.41) is 10.3. The van der Waals surface area contributed by atoms with Crippen LogP contribution >= 0.6 is 0 Å². The predicted molar refractivity (Wildman–Crippen MR) is 105 cm³/mol. The van der Waals surface area contributed by atoms with E-state index in [1.165, 1.54) is 6.07 Å². The molecule has 0 aliphatic heterocycles. The summed E-state index contributed by atoms with van der Waals surface area (Å²) in [4.78, 5) is 12.3. The van der Waals surface area contributed by atoms with Crippen LogP contribution in [0.5, 0.6) is 0 Å². The van der Waals surface area contributed by atoms with Crippen LogP contribution in [0, 0.1) is 0 Å². The largest absolute Gasteiger partial charge is 0.456 e. The molecule has 0 saturated carbocycles. The molecule has 1 atom stereocenters. The second-order valence-electron chi connectivity index (χ2n) is 9.43. The Kier molecular flexibility index (Phi) is 7.18. The average Bonchev–Trinajstić information content (AvgIpc) is 2.48. The highest BCUT2D eigenvalue weighted by molar-refractivity contribution is 6.74. The topological polar surface area (TPSA) is 55.8 Å². The van der Waals surface area contributed by atoms with E-state index in [1.807, 2.05) is 33.9 Å². The molecular formula is C20H31F3O4Si. The third-order valence-corrected chi connectivity index (χ3v) is 9.21. The van der Waals surface area contributed by atoms with Gasteiger partial charge in [-0.3, -0.25) is 0 Å². The average molecular weight is 421 g/mol. The maximum Gasteiger partial charge on any atom is 0.416 e. The molecule has 1 aromatic carbocycles. The van der Waals surface area contributed by atoms with Gasteiger partial charge >= 0.3 is 12.1 Å². The molecule has 1 aromatic rings. The molecule has 0 fully saturated rings. The highest BCUT2D eigenvalue weighted by Crippen LogP contribution is 2.38. The molecule has 1 rings (SSSR count). The Morgan fingerprint density at radius 1 is 1.07 bits per heavy atom. The van der Waals surface area contributed by atoms with Crippen molar-refractivity contribution in [2.75, 3.05) is 6.61 Å². The Bertz CT molecular complexity index is 701. The Balaban J connectivity index is 3.20. The lowest BCUT2D eigenvalue weighted by molar-refractivity contribution is -0.137. The van der Waals surface area contributed by atoms with E-state index in [2.05, 4.69) is 0 Å². The van der Waals surface area contributed by atoms with Crippen molar-refractivity contribution in [2.24, 2.45) is 0 Å². The summed E-state index contributed by atoms with van der Waals surface area (Å²) < 4.78 is 50.9. The van der Waals surface area contributed by atoms with Gasteiger partial charge in [-0.2, -0.15) is 13.2 Å². The normalized spacial score (nSPS) is 14.7. The molecule has 0 amide bonds. The number of ether oxygens (including phenoxy) is 1.